The fourth-order valence-corrected chi connectivity index (χ4v) is 2.45. The minimum atomic E-state index is -0.949. The van der Waals surface area contributed by atoms with Gasteiger partial charge in [-0.25, -0.2) is 9.78 Å². The summed E-state index contributed by atoms with van der Waals surface area (Å²) in [6, 6.07) is 0. The van der Waals surface area contributed by atoms with Crippen molar-refractivity contribution >= 4 is 22.4 Å². The van der Waals surface area contributed by atoms with Gasteiger partial charge in [0.05, 0.1) is 0 Å². The first-order valence-corrected chi connectivity index (χ1v) is 5.94. The van der Waals surface area contributed by atoms with E-state index < -0.39 is 5.97 Å². The maximum Gasteiger partial charge on any atom is 0.355 e. The third-order valence-corrected chi connectivity index (χ3v) is 3.75. The molecule has 0 unspecified atom stereocenters. The highest BCUT2D eigenvalue weighted by atomic mass is 32.1. The molecule has 0 aliphatic heterocycles. The van der Waals surface area contributed by atoms with Crippen LogP contribution in [0.4, 0.5) is 5.13 Å². The first-order valence-electron chi connectivity index (χ1n) is 5.07. The molecular formula is C10H14N2O2S. The Balaban J connectivity index is 1.97. The number of thiazole rings is 1. The number of aromatic nitrogens is 1. The van der Waals surface area contributed by atoms with E-state index in [0.29, 0.717) is 0 Å². The van der Waals surface area contributed by atoms with Crippen LogP contribution in [0.2, 0.25) is 0 Å². The SMILES string of the molecule is CN(CC1CCC1)c1nc(C(=O)O)cs1. The van der Waals surface area contributed by atoms with Gasteiger partial charge in [-0.15, -0.1) is 11.3 Å². The summed E-state index contributed by atoms with van der Waals surface area (Å²) < 4.78 is 0. The van der Waals surface area contributed by atoms with E-state index in [4.69, 9.17) is 5.11 Å². The highest BCUT2D eigenvalue weighted by molar-refractivity contribution is 7.13. The fraction of sp³-hybridized carbons (Fsp3) is 0.600. The molecule has 4 nitrogen and oxygen atoms in total. The minimum Gasteiger partial charge on any atom is -0.476 e. The van der Waals surface area contributed by atoms with Gasteiger partial charge in [-0.3, -0.25) is 0 Å². The van der Waals surface area contributed by atoms with Crippen molar-refractivity contribution in [2.24, 2.45) is 5.92 Å². The Labute approximate surface area is 92.6 Å². The highest BCUT2D eigenvalue weighted by Gasteiger charge is 2.20. The average molecular weight is 226 g/mol. The topological polar surface area (TPSA) is 53.4 Å². The summed E-state index contributed by atoms with van der Waals surface area (Å²) in [4.78, 5) is 16.8. The first kappa shape index (κ1) is 10.4. The summed E-state index contributed by atoms with van der Waals surface area (Å²) in [5.74, 6) is -0.179. The summed E-state index contributed by atoms with van der Waals surface area (Å²) in [7, 11) is 1.97. The Morgan fingerprint density at radius 3 is 2.93 bits per heavy atom. The zero-order chi connectivity index (χ0) is 10.8. The van der Waals surface area contributed by atoms with E-state index >= 15 is 0 Å². The molecule has 1 aliphatic carbocycles. The van der Waals surface area contributed by atoms with E-state index in [1.807, 2.05) is 7.05 Å². The second kappa shape index (κ2) is 4.18. The van der Waals surface area contributed by atoms with Crippen LogP contribution in [0.15, 0.2) is 5.38 Å². The largest absolute Gasteiger partial charge is 0.476 e. The molecule has 1 aromatic rings. The highest BCUT2D eigenvalue weighted by Crippen LogP contribution is 2.29. The molecule has 0 atom stereocenters. The lowest BCUT2D eigenvalue weighted by atomic mass is 9.85. The van der Waals surface area contributed by atoms with Crippen LogP contribution < -0.4 is 4.90 Å². The summed E-state index contributed by atoms with van der Waals surface area (Å²) in [5.41, 5.74) is 0.149. The number of carbonyl (C=O) groups is 1. The zero-order valence-corrected chi connectivity index (χ0v) is 9.46. The monoisotopic (exact) mass is 226 g/mol. The standard InChI is InChI=1S/C10H14N2O2S/c1-12(5-7-3-2-4-7)10-11-8(6-15-10)9(13)14/h6-7H,2-5H2,1H3,(H,13,14). The summed E-state index contributed by atoms with van der Waals surface area (Å²) in [5, 5.41) is 11.1. The third-order valence-electron chi connectivity index (χ3n) is 2.79. The zero-order valence-electron chi connectivity index (χ0n) is 8.64. The Bertz CT molecular complexity index is 360. The van der Waals surface area contributed by atoms with Gasteiger partial charge in [0.25, 0.3) is 0 Å². The Morgan fingerprint density at radius 1 is 1.73 bits per heavy atom. The second-order valence-corrected chi connectivity index (χ2v) is 4.83. The van der Waals surface area contributed by atoms with Crippen molar-refractivity contribution in [2.75, 3.05) is 18.5 Å². The number of rotatable bonds is 4. The minimum absolute atomic E-state index is 0.149. The van der Waals surface area contributed by atoms with Gasteiger partial charge in [0.1, 0.15) is 0 Å². The van der Waals surface area contributed by atoms with Crippen LogP contribution in [-0.4, -0.2) is 29.7 Å². The molecule has 15 heavy (non-hydrogen) atoms. The first-order chi connectivity index (χ1) is 7.16. The van der Waals surface area contributed by atoms with Crippen molar-refractivity contribution in [3.63, 3.8) is 0 Å². The van der Waals surface area contributed by atoms with Crippen LogP contribution in [0.3, 0.4) is 0 Å². The molecule has 0 saturated heterocycles. The van der Waals surface area contributed by atoms with Gasteiger partial charge < -0.3 is 10.0 Å². The molecule has 1 aromatic heterocycles. The molecule has 0 spiro atoms. The van der Waals surface area contributed by atoms with Gasteiger partial charge in [0, 0.05) is 19.0 Å². The van der Waals surface area contributed by atoms with E-state index in [0.717, 1.165) is 17.6 Å². The number of carboxylic acids is 1. The maximum atomic E-state index is 10.7. The number of nitrogens with zero attached hydrogens (tertiary/aromatic N) is 2. The number of carboxylic acid groups (broad SMARTS) is 1. The van der Waals surface area contributed by atoms with Crippen LogP contribution in [0.25, 0.3) is 0 Å². The van der Waals surface area contributed by atoms with Crippen LogP contribution in [-0.2, 0) is 0 Å². The molecule has 0 aromatic carbocycles. The van der Waals surface area contributed by atoms with Gasteiger partial charge in [-0.05, 0) is 18.8 Å². The van der Waals surface area contributed by atoms with Gasteiger partial charge >= 0.3 is 5.97 Å². The van der Waals surface area contributed by atoms with Gasteiger partial charge in [-0.1, -0.05) is 6.42 Å². The molecule has 1 saturated carbocycles. The van der Waals surface area contributed by atoms with Crippen LogP contribution in [0.5, 0.6) is 0 Å². The molecule has 1 heterocycles. The molecule has 0 amide bonds. The Kier molecular flexibility index (Phi) is 2.90. The third kappa shape index (κ3) is 2.28. The van der Waals surface area contributed by atoms with E-state index in [1.54, 1.807) is 5.38 Å². The van der Waals surface area contributed by atoms with Crippen molar-refractivity contribution in [3.05, 3.63) is 11.1 Å². The molecule has 82 valence electrons. The molecule has 1 aliphatic rings. The average Bonchev–Trinajstić information content (AvgIpc) is 2.59. The maximum absolute atomic E-state index is 10.7. The molecule has 0 bridgehead atoms. The Morgan fingerprint density at radius 2 is 2.47 bits per heavy atom. The molecule has 2 rings (SSSR count). The number of hydrogen-bond donors (Lipinski definition) is 1. The lowest BCUT2D eigenvalue weighted by Crippen LogP contribution is -2.29. The quantitative estimate of drug-likeness (QED) is 0.854. The van der Waals surface area contributed by atoms with Crippen molar-refractivity contribution in [1.29, 1.82) is 0 Å². The summed E-state index contributed by atoms with van der Waals surface area (Å²) in [6.07, 6.45) is 3.92. The predicted molar refractivity (Wildman–Crippen MR) is 59.7 cm³/mol. The fourth-order valence-electron chi connectivity index (χ4n) is 1.68. The van der Waals surface area contributed by atoms with E-state index in [9.17, 15) is 4.79 Å². The van der Waals surface area contributed by atoms with Gasteiger partial charge in [0.2, 0.25) is 0 Å². The summed E-state index contributed by atoms with van der Waals surface area (Å²) in [6.45, 7) is 0.993. The van der Waals surface area contributed by atoms with E-state index in [2.05, 4.69) is 9.88 Å². The van der Waals surface area contributed by atoms with Crippen LogP contribution >= 0.6 is 11.3 Å². The van der Waals surface area contributed by atoms with E-state index in [1.165, 1.54) is 30.6 Å². The van der Waals surface area contributed by atoms with Gasteiger partial charge in [0.15, 0.2) is 10.8 Å². The lowest BCUT2D eigenvalue weighted by molar-refractivity contribution is 0.0691. The van der Waals surface area contributed by atoms with Gasteiger partial charge in [-0.2, -0.15) is 0 Å². The normalized spacial score (nSPS) is 16.1. The molecule has 0 radical (unpaired) electrons. The summed E-state index contributed by atoms with van der Waals surface area (Å²) >= 11 is 1.40. The lowest BCUT2D eigenvalue weighted by Gasteiger charge is -2.29. The smallest absolute Gasteiger partial charge is 0.355 e. The number of hydrogen-bond acceptors (Lipinski definition) is 4. The predicted octanol–water partition coefficient (Wildman–Crippen LogP) is 2.08. The van der Waals surface area contributed by atoms with Crippen LogP contribution in [0, 0.1) is 5.92 Å². The number of anilines is 1. The van der Waals surface area contributed by atoms with Crippen molar-refractivity contribution in [2.45, 2.75) is 19.3 Å². The van der Waals surface area contributed by atoms with Crippen molar-refractivity contribution < 1.29 is 9.90 Å². The molecule has 1 N–H and O–H groups in total. The number of aromatic carboxylic acids is 1. The molecule has 1 fully saturated rings. The molecular weight excluding hydrogens is 212 g/mol. The van der Waals surface area contributed by atoms with Crippen molar-refractivity contribution in [3.8, 4) is 0 Å². The van der Waals surface area contributed by atoms with E-state index in [-0.39, 0.29) is 5.69 Å². The molecule has 5 heteroatoms. The van der Waals surface area contributed by atoms with Crippen LogP contribution in [0.1, 0.15) is 29.8 Å². The Hall–Kier alpha value is -1.10. The second-order valence-electron chi connectivity index (χ2n) is 4.00. The van der Waals surface area contributed by atoms with Crippen molar-refractivity contribution in [1.82, 2.24) is 4.98 Å².